The van der Waals surface area contributed by atoms with E-state index in [1.54, 1.807) is 18.2 Å². The Bertz CT molecular complexity index is 543. The Morgan fingerprint density at radius 1 is 1.57 bits per heavy atom. The smallest absolute Gasteiger partial charge is 0.266 e. The van der Waals surface area contributed by atoms with Gasteiger partial charge in [0.05, 0.1) is 11.4 Å². The fraction of sp³-hybridized carbons (Fsp3) is 0.111. The van der Waals surface area contributed by atoms with Gasteiger partial charge in [0.2, 0.25) is 0 Å². The van der Waals surface area contributed by atoms with Crippen LogP contribution in [0, 0.1) is 4.84 Å². The van der Waals surface area contributed by atoms with Gasteiger partial charge >= 0.3 is 0 Å². The highest BCUT2D eigenvalue weighted by Gasteiger charge is 2.06. The van der Waals surface area contributed by atoms with Crippen LogP contribution in [0.5, 0.6) is 0 Å². The average molecular weight is 228 g/mol. The van der Waals surface area contributed by atoms with E-state index in [9.17, 15) is 4.79 Å². The Morgan fingerprint density at radius 2 is 2.36 bits per heavy atom. The van der Waals surface area contributed by atoms with E-state index >= 15 is 0 Å². The molecule has 0 aliphatic heterocycles. The second-order valence-corrected chi connectivity index (χ2v) is 3.42. The lowest BCUT2D eigenvalue weighted by atomic mass is 10.1. The van der Waals surface area contributed by atoms with Gasteiger partial charge in [-0.2, -0.15) is 0 Å². The maximum atomic E-state index is 11.3. The Labute approximate surface area is 89.7 Å². The standard InChI is InChI=1S/C9H6ClNO2S/c10-4-7(12)5-1-2-8-6(3-5)11-9(14)13-8/h1-3H,4H2,(H,11,14). The maximum absolute atomic E-state index is 11.3. The molecule has 0 radical (unpaired) electrons. The van der Waals surface area contributed by atoms with Crippen molar-refractivity contribution < 1.29 is 9.21 Å². The number of nitrogens with one attached hydrogen (secondary N) is 1. The van der Waals surface area contributed by atoms with Gasteiger partial charge in [0.25, 0.3) is 4.84 Å². The van der Waals surface area contributed by atoms with Crippen LogP contribution in [0.2, 0.25) is 0 Å². The van der Waals surface area contributed by atoms with Crippen molar-refractivity contribution in [3.63, 3.8) is 0 Å². The SMILES string of the molecule is O=C(CCl)c1ccc2oc(=S)[nH]c2c1. The number of alkyl halides is 1. The molecule has 0 aliphatic carbocycles. The van der Waals surface area contributed by atoms with Crippen molar-refractivity contribution >= 4 is 40.7 Å². The minimum absolute atomic E-state index is 0.0237. The van der Waals surface area contributed by atoms with Gasteiger partial charge in [-0.1, -0.05) is 0 Å². The molecule has 0 aliphatic rings. The van der Waals surface area contributed by atoms with Gasteiger partial charge in [-0.05, 0) is 30.4 Å². The summed E-state index contributed by atoms with van der Waals surface area (Å²) in [6, 6.07) is 5.04. The molecule has 0 bridgehead atoms. The molecule has 0 amide bonds. The first-order chi connectivity index (χ1) is 6.70. The number of ketones is 1. The molecule has 0 spiro atoms. The number of hydrogen-bond acceptors (Lipinski definition) is 3. The second-order valence-electron chi connectivity index (χ2n) is 2.78. The average Bonchev–Trinajstić information content (AvgIpc) is 2.55. The van der Waals surface area contributed by atoms with Crippen LogP contribution in [0.4, 0.5) is 0 Å². The molecule has 72 valence electrons. The van der Waals surface area contributed by atoms with E-state index in [4.69, 9.17) is 28.2 Å². The van der Waals surface area contributed by atoms with Crippen LogP contribution in [0.1, 0.15) is 10.4 Å². The summed E-state index contributed by atoms with van der Waals surface area (Å²) < 4.78 is 5.15. The quantitative estimate of drug-likeness (QED) is 0.488. The van der Waals surface area contributed by atoms with Crippen LogP contribution in [0.15, 0.2) is 22.6 Å². The zero-order valence-electron chi connectivity index (χ0n) is 7.04. The third kappa shape index (κ3) is 1.58. The van der Waals surface area contributed by atoms with Crippen LogP contribution < -0.4 is 0 Å². The first-order valence-electron chi connectivity index (χ1n) is 3.93. The number of Topliss-reactive ketones (excluding diaryl/α,β-unsaturated/α-hetero) is 1. The van der Waals surface area contributed by atoms with E-state index in [0.29, 0.717) is 21.5 Å². The fourth-order valence-corrected chi connectivity index (χ4v) is 1.56. The fourth-order valence-electron chi connectivity index (χ4n) is 1.20. The van der Waals surface area contributed by atoms with Gasteiger partial charge < -0.3 is 9.40 Å². The Kier molecular flexibility index (Phi) is 2.39. The number of H-pyrrole nitrogens is 1. The first-order valence-corrected chi connectivity index (χ1v) is 4.87. The zero-order valence-corrected chi connectivity index (χ0v) is 8.61. The number of aromatic nitrogens is 1. The predicted molar refractivity (Wildman–Crippen MR) is 56.4 cm³/mol. The summed E-state index contributed by atoms with van der Waals surface area (Å²) in [6.45, 7) is 0. The van der Waals surface area contributed by atoms with E-state index in [0.717, 1.165) is 0 Å². The highest BCUT2D eigenvalue weighted by atomic mass is 35.5. The molecule has 5 heteroatoms. The normalized spacial score (nSPS) is 10.6. The lowest BCUT2D eigenvalue weighted by molar-refractivity contribution is 0.102. The summed E-state index contributed by atoms with van der Waals surface area (Å²) in [5.41, 5.74) is 1.91. The monoisotopic (exact) mass is 227 g/mol. The molecule has 1 aromatic heterocycles. The number of halogens is 1. The topological polar surface area (TPSA) is 46.0 Å². The molecular formula is C9H6ClNO2S. The Morgan fingerprint density at radius 3 is 3.07 bits per heavy atom. The summed E-state index contributed by atoms with van der Waals surface area (Å²) in [4.78, 5) is 14.4. The predicted octanol–water partition coefficient (Wildman–Crippen LogP) is 2.91. The minimum atomic E-state index is -0.117. The molecule has 1 N–H and O–H groups in total. The lowest BCUT2D eigenvalue weighted by Gasteiger charge is -1.95. The van der Waals surface area contributed by atoms with Gasteiger partial charge in [0.1, 0.15) is 0 Å². The highest BCUT2D eigenvalue weighted by molar-refractivity contribution is 7.71. The van der Waals surface area contributed by atoms with Crippen molar-refractivity contribution in [1.29, 1.82) is 0 Å². The number of fused-ring (bicyclic) bond motifs is 1. The van der Waals surface area contributed by atoms with Gasteiger partial charge in [-0.25, -0.2) is 0 Å². The number of carbonyl (C=O) groups excluding carboxylic acids is 1. The lowest BCUT2D eigenvalue weighted by Crippen LogP contribution is -1.99. The molecule has 1 heterocycles. The van der Waals surface area contributed by atoms with E-state index in [1.165, 1.54) is 0 Å². The molecule has 0 fully saturated rings. The summed E-state index contributed by atoms with van der Waals surface area (Å²) >= 11 is 10.3. The molecular weight excluding hydrogens is 222 g/mol. The van der Waals surface area contributed by atoms with E-state index < -0.39 is 0 Å². The number of hydrogen-bond donors (Lipinski definition) is 1. The number of rotatable bonds is 2. The van der Waals surface area contributed by atoms with Crippen LogP contribution in [0.25, 0.3) is 11.1 Å². The summed E-state index contributed by atoms with van der Waals surface area (Å²) in [5.74, 6) is -0.140. The van der Waals surface area contributed by atoms with Crippen molar-refractivity contribution in [3.05, 3.63) is 28.6 Å². The van der Waals surface area contributed by atoms with Crippen molar-refractivity contribution in [2.24, 2.45) is 0 Å². The summed E-state index contributed by atoms with van der Waals surface area (Å²) in [5, 5.41) is 0. The largest absolute Gasteiger partial charge is 0.429 e. The van der Waals surface area contributed by atoms with Crippen molar-refractivity contribution in [2.75, 3.05) is 5.88 Å². The number of benzene rings is 1. The van der Waals surface area contributed by atoms with Crippen LogP contribution in [0.3, 0.4) is 0 Å². The molecule has 14 heavy (non-hydrogen) atoms. The number of carbonyl (C=O) groups is 1. The minimum Gasteiger partial charge on any atom is -0.429 e. The van der Waals surface area contributed by atoms with Crippen LogP contribution in [-0.2, 0) is 0 Å². The molecule has 3 nitrogen and oxygen atoms in total. The Hall–Kier alpha value is -1.13. The third-order valence-electron chi connectivity index (χ3n) is 1.86. The first kappa shape index (κ1) is 9.43. The van der Waals surface area contributed by atoms with Crippen LogP contribution >= 0.6 is 23.8 Å². The van der Waals surface area contributed by atoms with Crippen molar-refractivity contribution in [1.82, 2.24) is 4.98 Å². The second kappa shape index (κ2) is 3.55. The van der Waals surface area contributed by atoms with Crippen LogP contribution in [-0.4, -0.2) is 16.6 Å². The number of aromatic amines is 1. The maximum Gasteiger partial charge on any atom is 0.266 e. The van der Waals surface area contributed by atoms with Gasteiger partial charge in [0.15, 0.2) is 11.4 Å². The molecule has 2 aromatic rings. The summed E-state index contributed by atoms with van der Waals surface area (Å²) in [6.07, 6.45) is 0. The van der Waals surface area contributed by atoms with Gasteiger partial charge in [0, 0.05) is 5.56 Å². The molecule has 0 atom stereocenters. The van der Waals surface area contributed by atoms with E-state index in [1.807, 2.05) is 0 Å². The van der Waals surface area contributed by atoms with Gasteiger partial charge in [-0.15, -0.1) is 11.6 Å². The molecule has 0 unspecified atom stereocenters. The molecule has 0 saturated carbocycles. The molecule has 0 saturated heterocycles. The van der Waals surface area contributed by atoms with Gasteiger partial charge in [-0.3, -0.25) is 4.79 Å². The Balaban J connectivity index is 2.61. The van der Waals surface area contributed by atoms with E-state index in [2.05, 4.69) is 4.98 Å². The highest BCUT2D eigenvalue weighted by Crippen LogP contribution is 2.15. The molecule has 1 aromatic carbocycles. The number of oxazole rings is 1. The van der Waals surface area contributed by atoms with Crippen molar-refractivity contribution in [2.45, 2.75) is 0 Å². The third-order valence-corrected chi connectivity index (χ3v) is 2.29. The molecule has 2 rings (SSSR count). The summed E-state index contributed by atoms with van der Waals surface area (Å²) in [7, 11) is 0. The van der Waals surface area contributed by atoms with Crippen molar-refractivity contribution in [3.8, 4) is 0 Å². The van der Waals surface area contributed by atoms with E-state index in [-0.39, 0.29) is 11.7 Å². The zero-order chi connectivity index (χ0) is 10.1.